The molecule has 2 aromatic carbocycles. The van der Waals surface area contributed by atoms with Crippen molar-refractivity contribution in [2.75, 3.05) is 4.90 Å². The lowest BCUT2D eigenvalue weighted by Gasteiger charge is -2.22. The number of amides is 1. The number of rotatable bonds is 3. The van der Waals surface area contributed by atoms with E-state index in [1.165, 1.54) is 17.0 Å². The smallest absolute Gasteiger partial charge is 0.282 e. The second-order valence-corrected chi connectivity index (χ2v) is 5.92. The van der Waals surface area contributed by atoms with Crippen LogP contribution in [-0.4, -0.2) is 23.2 Å². The van der Waals surface area contributed by atoms with E-state index in [1.54, 1.807) is 26.0 Å². The highest BCUT2D eigenvalue weighted by Crippen LogP contribution is 2.34. The summed E-state index contributed by atoms with van der Waals surface area (Å²) in [5.41, 5.74) is 2.82. The minimum atomic E-state index is -0.642. The van der Waals surface area contributed by atoms with Crippen molar-refractivity contribution in [2.24, 2.45) is 0 Å². The molecule has 6 heteroatoms. The highest BCUT2D eigenvalue weighted by molar-refractivity contribution is 6.12. The van der Waals surface area contributed by atoms with Crippen molar-refractivity contribution < 1.29 is 14.5 Å². The zero-order valence-corrected chi connectivity index (χ0v) is 13.4. The Morgan fingerprint density at radius 2 is 1.92 bits per heavy atom. The van der Waals surface area contributed by atoms with Gasteiger partial charge in [-0.05, 0) is 42.7 Å². The topological polar surface area (TPSA) is 80.5 Å². The molecule has 0 radical (unpaired) electrons. The molecule has 1 unspecified atom stereocenters. The predicted octanol–water partition coefficient (Wildman–Crippen LogP) is 2.98. The van der Waals surface area contributed by atoms with Gasteiger partial charge in [0.2, 0.25) is 0 Å². The first-order valence-electron chi connectivity index (χ1n) is 7.56. The Labute approximate surface area is 138 Å². The van der Waals surface area contributed by atoms with Gasteiger partial charge in [-0.15, -0.1) is 0 Å². The Bertz CT molecular complexity index is 860. The minimum absolute atomic E-state index is 0.00616. The van der Waals surface area contributed by atoms with E-state index in [-0.39, 0.29) is 11.3 Å². The molecule has 6 nitrogen and oxygen atoms in total. The molecule has 0 aromatic heterocycles. The maximum atomic E-state index is 13.0. The van der Waals surface area contributed by atoms with Crippen molar-refractivity contribution in [2.45, 2.75) is 26.3 Å². The molecular formula is C18H16N2O4. The number of para-hydroxylation sites is 1. The van der Waals surface area contributed by atoms with Crippen molar-refractivity contribution in [3.05, 3.63) is 68.8 Å². The lowest BCUT2D eigenvalue weighted by atomic mass is 10.0. The van der Waals surface area contributed by atoms with Gasteiger partial charge in [0.15, 0.2) is 0 Å². The van der Waals surface area contributed by atoms with E-state index in [0.717, 1.165) is 16.7 Å². The molecule has 122 valence electrons. The standard InChI is InChI=1S/C18H16N2O4/c1-11-7-15(17(20(23)24)8-12(11)2)18(22)19-14(10-21)9-13-5-3-4-6-16(13)19/h3-8,10,14H,9H2,1-2H3. The summed E-state index contributed by atoms with van der Waals surface area (Å²) >= 11 is 0. The fourth-order valence-corrected chi connectivity index (χ4v) is 3.04. The number of carbonyl (C=O) groups excluding carboxylic acids is 2. The molecule has 1 aliphatic rings. The summed E-state index contributed by atoms with van der Waals surface area (Å²) in [5, 5.41) is 11.4. The van der Waals surface area contributed by atoms with Gasteiger partial charge in [0, 0.05) is 18.2 Å². The molecule has 0 N–H and O–H groups in total. The number of nitro groups is 1. The van der Waals surface area contributed by atoms with E-state index in [4.69, 9.17) is 0 Å². The molecule has 2 aromatic rings. The van der Waals surface area contributed by atoms with Crippen LogP contribution in [0.15, 0.2) is 36.4 Å². The third kappa shape index (κ3) is 2.46. The molecule has 1 atom stereocenters. The van der Waals surface area contributed by atoms with E-state index in [9.17, 15) is 19.7 Å². The van der Waals surface area contributed by atoms with E-state index in [1.807, 2.05) is 12.1 Å². The van der Waals surface area contributed by atoms with Crippen LogP contribution in [0.5, 0.6) is 0 Å². The molecule has 0 saturated heterocycles. The van der Waals surface area contributed by atoms with Crippen LogP contribution in [0.3, 0.4) is 0 Å². The molecule has 1 aliphatic heterocycles. The number of anilines is 1. The van der Waals surface area contributed by atoms with Gasteiger partial charge in [-0.3, -0.25) is 19.8 Å². The molecule has 0 saturated carbocycles. The Morgan fingerprint density at radius 1 is 1.25 bits per heavy atom. The fourth-order valence-electron chi connectivity index (χ4n) is 3.04. The number of aldehydes is 1. The van der Waals surface area contributed by atoms with Crippen LogP contribution in [0, 0.1) is 24.0 Å². The third-order valence-electron chi connectivity index (χ3n) is 4.43. The Balaban J connectivity index is 2.14. The summed E-state index contributed by atoms with van der Waals surface area (Å²) in [7, 11) is 0. The van der Waals surface area contributed by atoms with Crippen molar-refractivity contribution in [1.29, 1.82) is 0 Å². The van der Waals surface area contributed by atoms with Gasteiger partial charge in [-0.1, -0.05) is 18.2 Å². The molecule has 3 rings (SSSR count). The maximum Gasteiger partial charge on any atom is 0.282 e. The van der Waals surface area contributed by atoms with E-state index < -0.39 is 16.9 Å². The van der Waals surface area contributed by atoms with Crippen LogP contribution < -0.4 is 4.90 Å². The quantitative estimate of drug-likeness (QED) is 0.494. The van der Waals surface area contributed by atoms with Crippen molar-refractivity contribution >= 4 is 23.6 Å². The minimum Gasteiger partial charge on any atom is -0.301 e. The summed E-state index contributed by atoms with van der Waals surface area (Å²) in [5.74, 6) is -0.521. The van der Waals surface area contributed by atoms with Gasteiger partial charge in [-0.2, -0.15) is 0 Å². The number of fused-ring (bicyclic) bond motifs is 1. The second kappa shape index (κ2) is 5.88. The molecule has 0 aliphatic carbocycles. The number of aryl methyl sites for hydroxylation is 2. The van der Waals surface area contributed by atoms with Gasteiger partial charge < -0.3 is 4.79 Å². The summed E-state index contributed by atoms with van der Waals surface area (Å²) in [6, 6.07) is 9.52. The van der Waals surface area contributed by atoms with Crippen molar-refractivity contribution in [1.82, 2.24) is 0 Å². The highest BCUT2D eigenvalue weighted by Gasteiger charge is 2.36. The van der Waals surface area contributed by atoms with Crippen LogP contribution in [0.25, 0.3) is 0 Å². The van der Waals surface area contributed by atoms with Gasteiger partial charge in [-0.25, -0.2) is 0 Å². The zero-order chi connectivity index (χ0) is 17.4. The van der Waals surface area contributed by atoms with Gasteiger partial charge >= 0.3 is 0 Å². The Morgan fingerprint density at radius 3 is 2.58 bits per heavy atom. The summed E-state index contributed by atoms with van der Waals surface area (Å²) < 4.78 is 0. The molecule has 1 amide bonds. The Hall–Kier alpha value is -3.02. The third-order valence-corrected chi connectivity index (χ3v) is 4.43. The molecule has 0 fully saturated rings. The van der Waals surface area contributed by atoms with Crippen LogP contribution >= 0.6 is 0 Å². The molecule has 0 spiro atoms. The first-order chi connectivity index (χ1) is 11.4. The number of hydrogen-bond donors (Lipinski definition) is 0. The maximum absolute atomic E-state index is 13.0. The number of benzene rings is 2. The number of nitro benzene ring substituents is 1. The molecular weight excluding hydrogens is 308 g/mol. The number of nitrogens with zero attached hydrogens (tertiary/aromatic N) is 2. The van der Waals surface area contributed by atoms with Crippen molar-refractivity contribution in [3.63, 3.8) is 0 Å². The SMILES string of the molecule is Cc1cc(C(=O)N2c3ccccc3CC2C=O)c([N+](=O)[O-])cc1C. The van der Waals surface area contributed by atoms with Crippen LogP contribution in [0.4, 0.5) is 11.4 Å². The lowest BCUT2D eigenvalue weighted by Crippen LogP contribution is -2.39. The number of hydrogen-bond acceptors (Lipinski definition) is 4. The molecule has 0 bridgehead atoms. The molecule has 24 heavy (non-hydrogen) atoms. The largest absolute Gasteiger partial charge is 0.301 e. The van der Waals surface area contributed by atoms with Crippen LogP contribution in [-0.2, 0) is 11.2 Å². The highest BCUT2D eigenvalue weighted by atomic mass is 16.6. The van der Waals surface area contributed by atoms with E-state index in [0.29, 0.717) is 18.4 Å². The zero-order valence-electron chi connectivity index (χ0n) is 13.4. The van der Waals surface area contributed by atoms with Gasteiger partial charge in [0.1, 0.15) is 11.8 Å². The first kappa shape index (κ1) is 15.9. The molecule has 1 heterocycles. The lowest BCUT2D eigenvalue weighted by molar-refractivity contribution is -0.385. The summed E-state index contributed by atoms with van der Waals surface area (Å²) in [6.07, 6.45) is 1.13. The monoisotopic (exact) mass is 324 g/mol. The average molecular weight is 324 g/mol. The van der Waals surface area contributed by atoms with Gasteiger partial charge in [0.25, 0.3) is 11.6 Å². The first-order valence-corrected chi connectivity index (χ1v) is 7.56. The van der Waals surface area contributed by atoms with Crippen molar-refractivity contribution in [3.8, 4) is 0 Å². The normalized spacial score (nSPS) is 15.9. The predicted molar refractivity (Wildman–Crippen MR) is 89.4 cm³/mol. The number of carbonyl (C=O) groups is 2. The second-order valence-electron chi connectivity index (χ2n) is 5.92. The van der Waals surface area contributed by atoms with Gasteiger partial charge in [0.05, 0.1) is 11.0 Å². The van der Waals surface area contributed by atoms with Crippen LogP contribution in [0.2, 0.25) is 0 Å². The summed E-state index contributed by atoms with van der Waals surface area (Å²) in [4.78, 5) is 36.6. The Kier molecular flexibility index (Phi) is 3.89. The average Bonchev–Trinajstić information content (AvgIpc) is 2.94. The van der Waals surface area contributed by atoms with Crippen LogP contribution in [0.1, 0.15) is 27.0 Å². The summed E-state index contributed by atoms with van der Waals surface area (Å²) in [6.45, 7) is 3.56. The fraction of sp³-hybridized carbons (Fsp3) is 0.222. The van der Waals surface area contributed by atoms with E-state index in [2.05, 4.69) is 0 Å². The van der Waals surface area contributed by atoms with E-state index >= 15 is 0 Å².